The number of aliphatic hydroxyl groups is 1. The third kappa shape index (κ3) is 3.51. The molecule has 1 aromatic carbocycles. The number of halogens is 2. The van der Waals surface area contributed by atoms with Gasteiger partial charge in [0.15, 0.2) is 0 Å². The van der Waals surface area contributed by atoms with Gasteiger partial charge in [-0.15, -0.1) is 0 Å². The lowest BCUT2D eigenvalue weighted by Crippen LogP contribution is -2.40. The second-order valence-corrected chi connectivity index (χ2v) is 5.54. The van der Waals surface area contributed by atoms with E-state index in [0.717, 1.165) is 25.7 Å². The molecule has 106 valence electrons. The Labute approximate surface area is 112 Å². The van der Waals surface area contributed by atoms with Crippen molar-refractivity contribution in [1.29, 1.82) is 0 Å². The summed E-state index contributed by atoms with van der Waals surface area (Å²) in [5, 5.41) is 12.3. The molecule has 0 atom stereocenters. The summed E-state index contributed by atoms with van der Waals surface area (Å²) in [5.74, 6) is -2.86. The molecule has 2 nitrogen and oxygen atoms in total. The van der Waals surface area contributed by atoms with Crippen molar-refractivity contribution in [2.45, 2.75) is 31.6 Å². The predicted molar refractivity (Wildman–Crippen MR) is 71.2 cm³/mol. The maximum absolute atomic E-state index is 13.9. The lowest BCUT2D eigenvalue weighted by Gasteiger charge is -2.28. The number of benzene rings is 1. The number of rotatable bonds is 6. The van der Waals surface area contributed by atoms with Crippen LogP contribution in [-0.4, -0.2) is 24.8 Å². The molecule has 0 unspecified atom stereocenters. The molecule has 0 amide bonds. The normalized spacial score (nSPS) is 18.7. The van der Waals surface area contributed by atoms with Gasteiger partial charge in [-0.1, -0.05) is 43.2 Å². The summed E-state index contributed by atoms with van der Waals surface area (Å²) in [6.07, 6.45) is 4.01. The molecule has 0 radical (unpaired) electrons. The molecular weight excluding hydrogens is 248 g/mol. The lowest BCUT2D eigenvalue weighted by atomic mass is 9.87. The zero-order valence-corrected chi connectivity index (χ0v) is 11.0. The molecule has 2 rings (SSSR count). The highest BCUT2D eigenvalue weighted by molar-refractivity contribution is 5.20. The van der Waals surface area contributed by atoms with E-state index < -0.39 is 5.92 Å². The maximum atomic E-state index is 13.9. The van der Waals surface area contributed by atoms with Gasteiger partial charge in [-0.25, -0.2) is 0 Å². The van der Waals surface area contributed by atoms with Crippen molar-refractivity contribution in [1.82, 2.24) is 5.32 Å². The van der Waals surface area contributed by atoms with Crippen molar-refractivity contribution in [3.05, 3.63) is 35.9 Å². The first-order chi connectivity index (χ1) is 9.08. The van der Waals surface area contributed by atoms with Gasteiger partial charge in [0.25, 0.3) is 5.92 Å². The Hall–Kier alpha value is -1.00. The van der Waals surface area contributed by atoms with Crippen LogP contribution in [0, 0.1) is 5.41 Å². The number of alkyl halides is 2. The SMILES string of the molecule is OCC1(CNCC(F)(F)c2ccccc2)CCCC1. The smallest absolute Gasteiger partial charge is 0.285 e. The van der Waals surface area contributed by atoms with Crippen LogP contribution in [-0.2, 0) is 5.92 Å². The highest BCUT2D eigenvalue weighted by Gasteiger charge is 2.35. The van der Waals surface area contributed by atoms with Gasteiger partial charge in [-0.05, 0) is 12.8 Å². The van der Waals surface area contributed by atoms with Gasteiger partial charge in [0, 0.05) is 24.1 Å². The van der Waals surface area contributed by atoms with Crippen molar-refractivity contribution in [3.8, 4) is 0 Å². The van der Waals surface area contributed by atoms with Crippen LogP contribution in [0.1, 0.15) is 31.2 Å². The van der Waals surface area contributed by atoms with Crippen molar-refractivity contribution in [2.24, 2.45) is 5.41 Å². The van der Waals surface area contributed by atoms with Crippen LogP contribution in [0.5, 0.6) is 0 Å². The highest BCUT2D eigenvalue weighted by atomic mass is 19.3. The highest BCUT2D eigenvalue weighted by Crippen LogP contribution is 2.37. The van der Waals surface area contributed by atoms with Gasteiger partial charge in [0.05, 0.1) is 6.54 Å². The topological polar surface area (TPSA) is 32.3 Å². The van der Waals surface area contributed by atoms with Gasteiger partial charge >= 0.3 is 0 Å². The van der Waals surface area contributed by atoms with Crippen LogP contribution in [0.3, 0.4) is 0 Å². The molecule has 0 saturated heterocycles. The molecule has 0 aromatic heterocycles. The van der Waals surface area contributed by atoms with Crippen molar-refractivity contribution < 1.29 is 13.9 Å². The molecule has 1 aromatic rings. The number of hydrogen-bond acceptors (Lipinski definition) is 2. The van der Waals surface area contributed by atoms with Gasteiger partial charge in [0.2, 0.25) is 0 Å². The largest absolute Gasteiger partial charge is 0.396 e. The fourth-order valence-corrected chi connectivity index (χ4v) is 2.78. The molecule has 1 saturated carbocycles. The monoisotopic (exact) mass is 269 g/mol. The summed E-state index contributed by atoms with van der Waals surface area (Å²) >= 11 is 0. The van der Waals surface area contributed by atoms with Crippen molar-refractivity contribution >= 4 is 0 Å². The van der Waals surface area contributed by atoms with E-state index in [0.29, 0.717) is 6.54 Å². The molecular formula is C15H21F2NO. The Bertz CT molecular complexity index is 388. The van der Waals surface area contributed by atoms with Crippen molar-refractivity contribution in [2.75, 3.05) is 19.7 Å². The Morgan fingerprint density at radius 3 is 2.37 bits per heavy atom. The fourth-order valence-electron chi connectivity index (χ4n) is 2.78. The van der Waals surface area contributed by atoms with Gasteiger partial charge in [-0.3, -0.25) is 0 Å². The average Bonchev–Trinajstić information content (AvgIpc) is 2.89. The zero-order chi connectivity index (χ0) is 13.8. The summed E-state index contributed by atoms with van der Waals surface area (Å²) < 4.78 is 27.9. The molecule has 0 heterocycles. The Kier molecular flexibility index (Phi) is 4.53. The first-order valence-corrected chi connectivity index (χ1v) is 6.83. The average molecular weight is 269 g/mol. The van der Waals surface area contributed by atoms with E-state index in [4.69, 9.17) is 0 Å². The molecule has 1 fully saturated rings. The zero-order valence-electron chi connectivity index (χ0n) is 11.0. The minimum absolute atomic E-state index is 0.0342. The third-order valence-electron chi connectivity index (χ3n) is 4.04. The van der Waals surface area contributed by atoms with Crippen LogP contribution in [0.4, 0.5) is 8.78 Å². The third-order valence-corrected chi connectivity index (χ3v) is 4.04. The first-order valence-electron chi connectivity index (χ1n) is 6.83. The molecule has 19 heavy (non-hydrogen) atoms. The van der Waals surface area contributed by atoms with E-state index in [-0.39, 0.29) is 24.1 Å². The standard InChI is InChI=1S/C15H21F2NO/c16-15(17,13-6-2-1-3-7-13)11-18-10-14(12-19)8-4-5-9-14/h1-3,6-7,18-19H,4-5,8-12H2. The molecule has 0 bridgehead atoms. The van der Waals surface area contributed by atoms with Crippen LogP contribution in [0.2, 0.25) is 0 Å². The molecule has 2 N–H and O–H groups in total. The number of aliphatic hydroxyl groups excluding tert-OH is 1. The second-order valence-electron chi connectivity index (χ2n) is 5.54. The number of nitrogens with one attached hydrogen (secondary N) is 1. The van der Waals surface area contributed by atoms with E-state index >= 15 is 0 Å². The van der Waals surface area contributed by atoms with Gasteiger partial charge < -0.3 is 10.4 Å². The van der Waals surface area contributed by atoms with Crippen LogP contribution < -0.4 is 5.32 Å². The first kappa shape index (κ1) is 14.4. The van der Waals surface area contributed by atoms with E-state index in [1.807, 2.05) is 0 Å². The lowest BCUT2D eigenvalue weighted by molar-refractivity contribution is -0.00725. The summed E-state index contributed by atoms with van der Waals surface area (Å²) in [4.78, 5) is 0. The summed E-state index contributed by atoms with van der Waals surface area (Å²) in [6.45, 7) is 0.168. The quantitative estimate of drug-likeness (QED) is 0.832. The molecule has 0 aliphatic heterocycles. The Morgan fingerprint density at radius 1 is 1.16 bits per heavy atom. The second kappa shape index (κ2) is 5.97. The minimum atomic E-state index is -2.86. The van der Waals surface area contributed by atoms with Gasteiger partial charge in [-0.2, -0.15) is 8.78 Å². The summed E-state index contributed by atoms with van der Waals surface area (Å²) in [5.41, 5.74) is -0.153. The minimum Gasteiger partial charge on any atom is -0.396 e. The van der Waals surface area contributed by atoms with Crippen LogP contribution in [0.15, 0.2) is 30.3 Å². The fraction of sp³-hybridized carbons (Fsp3) is 0.600. The molecule has 4 heteroatoms. The van der Waals surface area contributed by atoms with E-state index in [1.165, 1.54) is 12.1 Å². The summed E-state index contributed by atoms with van der Waals surface area (Å²) in [7, 11) is 0. The Balaban J connectivity index is 1.88. The molecule has 1 aliphatic carbocycles. The van der Waals surface area contributed by atoms with E-state index in [1.54, 1.807) is 18.2 Å². The number of hydrogen-bond donors (Lipinski definition) is 2. The Morgan fingerprint density at radius 2 is 1.79 bits per heavy atom. The predicted octanol–water partition coefficient (Wildman–Crippen LogP) is 2.92. The van der Waals surface area contributed by atoms with Gasteiger partial charge in [0.1, 0.15) is 0 Å². The van der Waals surface area contributed by atoms with Crippen molar-refractivity contribution in [3.63, 3.8) is 0 Å². The van der Waals surface area contributed by atoms with Crippen LogP contribution >= 0.6 is 0 Å². The maximum Gasteiger partial charge on any atom is 0.285 e. The summed E-state index contributed by atoms with van der Waals surface area (Å²) in [6, 6.07) is 7.86. The van der Waals surface area contributed by atoms with Crippen LogP contribution in [0.25, 0.3) is 0 Å². The van der Waals surface area contributed by atoms with E-state index in [9.17, 15) is 13.9 Å². The molecule has 0 spiro atoms. The molecule has 1 aliphatic rings. The van der Waals surface area contributed by atoms with E-state index in [2.05, 4.69) is 5.32 Å².